The topological polar surface area (TPSA) is 182 Å². The molecule has 7 aromatic rings. The Morgan fingerprint density at radius 2 is 1.15 bits per heavy atom. The van der Waals surface area contributed by atoms with Crippen molar-refractivity contribution in [3.05, 3.63) is 166 Å². The third-order valence-electron chi connectivity index (χ3n) is 15.8. The van der Waals surface area contributed by atoms with Crippen molar-refractivity contribution >= 4 is 86.9 Å². The number of anilines is 1. The quantitative estimate of drug-likeness (QED) is 0.0249. The van der Waals surface area contributed by atoms with Crippen LogP contribution < -0.4 is 10.5 Å². The molecule has 0 bridgehead atoms. The smallest absolute Gasteiger partial charge is 0.426 e. The molecule has 6 aromatic carbocycles. The Labute approximate surface area is 525 Å². The second-order valence-corrected chi connectivity index (χ2v) is 28.5. The number of carbonyl (C=O) groups is 3. The summed E-state index contributed by atoms with van der Waals surface area (Å²) in [6.45, 7) is 26.3. The van der Waals surface area contributed by atoms with E-state index in [1.165, 1.54) is 55.1 Å². The standard InChI is InChI=1S/C18H13S.C16H18F3IO7S.C12H22O2.C11H17N.C11H16O.CH4/c1-2-8-14(9-3-1)19-17-12-6-4-10-15(17)16-11-5-7-13-18(16)19;1-4-15(2,3)14(22)26-11-7-9(5-6-10(11)20)13(21)27-12(16(17,18)19)8-28(23,24)25;1-5-11(2,3)10(13)14-12(4)8-6-7-9-12;1-4-11(2,3)9-5-7-10(12)8-6-9;1-4-11(2,3)9-6-5-7-10(12)8-9;/h1-13H;5-7,12H,4,8H2,1-3H3,(H,23,24,25);5-9H2,1-4H3;5-8H,4,12H2,1-3H3;5-8,12H,4H2,1-3H3;1H4/q+1;;;;;/p-1. The van der Waals surface area contributed by atoms with Gasteiger partial charge < -0.3 is 29.6 Å². The number of nitrogen functional groups attached to an aromatic ring is 1. The van der Waals surface area contributed by atoms with Crippen molar-refractivity contribution in [2.75, 3.05) is 11.5 Å². The summed E-state index contributed by atoms with van der Waals surface area (Å²) < 4.78 is 88.8. The minimum atomic E-state index is -5.30. The van der Waals surface area contributed by atoms with Crippen LogP contribution in [0.15, 0.2) is 146 Å². The number of rotatable bonds is 15. The Morgan fingerprint density at radius 3 is 1.63 bits per heavy atom. The average Bonchev–Trinajstić information content (AvgIpc) is 4.15. The van der Waals surface area contributed by atoms with Gasteiger partial charge in [-0.3, -0.25) is 9.59 Å². The summed E-state index contributed by atoms with van der Waals surface area (Å²) in [6.07, 6.45) is -0.413. The molecule has 1 saturated carbocycles. The van der Waals surface area contributed by atoms with Crippen molar-refractivity contribution in [2.45, 2.75) is 178 Å². The van der Waals surface area contributed by atoms with Crippen molar-refractivity contribution in [3.8, 4) is 16.4 Å². The van der Waals surface area contributed by atoms with Gasteiger partial charge in [-0.05, 0) is 209 Å². The minimum absolute atomic E-state index is 0. The van der Waals surface area contributed by atoms with Gasteiger partial charge in [-0.1, -0.05) is 130 Å². The van der Waals surface area contributed by atoms with E-state index in [9.17, 15) is 45.6 Å². The molecule has 17 heteroatoms. The van der Waals surface area contributed by atoms with Gasteiger partial charge in [-0.2, -0.15) is 13.2 Å². The van der Waals surface area contributed by atoms with E-state index in [2.05, 4.69) is 150 Å². The number of esters is 3. The predicted octanol–water partition coefficient (Wildman–Crippen LogP) is 19.0. The number of fused-ring (bicyclic) bond motifs is 3. The SMILES string of the molecule is C.CCC(C)(C)C(=O)OC1(C)CCCC1.CCC(C)(C)C(=O)Oc1cc(C(=O)OC(CS(=O)(=O)[O-])C(F)(F)F)ccc1I.CCC(C)(C)c1ccc(N)cc1.CCC(C)(C)c1cccc(O)c1.c1ccc(-[s+]2c3ccccc3c3ccccc32)cc1. The number of benzene rings is 6. The summed E-state index contributed by atoms with van der Waals surface area (Å²) in [6, 6.07) is 47.5. The van der Waals surface area contributed by atoms with Crippen LogP contribution in [0.4, 0.5) is 18.9 Å². The van der Waals surface area contributed by atoms with Gasteiger partial charge in [0.15, 0.2) is 14.3 Å². The Morgan fingerprint density at radius 1 is 0.663 bits per heavy atom. The average molecular weight is 1340 g/mol. The molecule has 3 N–H and O–H groups in total. The van der Waals surface area contributed by atoms with Crippen LogP contribution in [0, 0.1) is 14.4 Å². The third kappa shape index (κ3) is 21.7. The highest BCUT2D eigenvalue weighted by Gasteiger charge is 2.44. The van der Waals surface area contributed by atoms with Crippen molar-refractivity contribution < 1.29 is 59.8 Å². The van der Waals surface area contributed by atoms with Gasteiger partial charge in [-0.15, -0.1) is 0 Å². The van der Waals surface area contributed by atoms with E-state index < -0.39 is 51.1 Å². The van der Waals surface area contributed by atoms with E-state index in [0.29, 0.717) is 15.7 Å². The lowest BCUT2D eigenvalue weighted by Crippen LogP contribution is -2.39. The molecule has 470 valence electrons. The Hall–Kier alpha value is -6.02. The lowest BCUT2D eigenvalue weighted by atomic mass is 9.82. The lowest BCUT2D eigenvalue weighted by Gasteiger charge is -2.29. The number of hydrogen-bond acceptors (Lipinski definition) is 11. The number of halogens is 4. The van der Waals surface area contributed by atoms with Crippen LogP contribution in [0.2, 0.25) is 0 Å². The molecule has 0 saturated heterocycles. The number of hydrogen-bond donors (Lipinski definition) is 2. The largest absolute Gasteiger partial charge is 0.748 e. The molecule has 1 aromatic heterocycles. The molecule has 0 aliphatic heterocycles. The molecule has 1 unspecified atom stereocenters. The van der Waals surface area contributed by atoms with Crippen LogP contribution in [-0.2, 0) is 40.0 Å². The molecule has 1 aliphatic rings. The molecule has 1 aliphatic carbocycles. The van der Waals surface area contributed by atoms with Gasteiger partial charge in [0, 0.05) is 26.9 Å². The number of alkyl halides is 3. The van der Waals surface area contributed by atoms with Crippen molar-refractivity contribution in [1.82, 2.24) is 0 Å². The summed E-state index contributed by atoms with van der Waals surface area (Å²) in [5, 5.41) is 12.1. The molecule has 0 spiro atoms. The van der Waals surface area contributed by atoms with Crippen LogP contribution in [0.1, 0.15) is 170 Å². The Bertz CT molecular complexity index is 3370. The van der Waals surface area contributed by atoms with E-state index in [-0.39, 0.29) is 51.5 Å². The number of thiophene rings is 1. The first-order valence-electron chi connectivity index (χ1n) is 28.6. The van der Waals surface area contributed by atoms with Crippen LogP contribution in [0.3, 0.4) is 0 Å². The summed E-state index contributed by atoms with van der Waals surface area (Å²) in [7, 11) is -5.24. The second-order valence-electron chi connectivity index (χ2n) is 24.0. The predicted molar refractivity (Wildman–Crippen MR) is 353 cm³/mol. The number of nitrogens with two attached hydrogens (primary N) is 1. The van der Waals surface area contributed by atoms with Crippen molar-refractivity contribution in [1.29, 1.82) is 0 Å². The highest BCUT2D eigenvalue weighted by Crippen LogP contribution is 2.48. The second kappa shape index (κ2) is 31.8. The fourth-order valence-corrected chi connectivity index (χ4v) is 11.8. The van der Waals surface area contributed by atoms with E-state index in [1.54, 1.807) is 49.4 Å². The van der Waals surface area contributed by atoms with Crippen molar-refractivity contribution in [3.63, 3.8) is 0 Å². The highest BCUT2D eigenvalue weighted by atomic mass is 127. The van der Waals surface area contributed by atoms with Gasteiger partial charge in [0.2, 0.25) is 6.10 Å². The van der Waals surface area contributed by atoms with Crippen molar-refractivity contribution in [2.24, 2.45) is 10.8 Å². The molecular weight excluding hydrogens is 1250 g/mol. The van der Waals surface area contributed by atoms with E-state index in [1.807, 2.05) is 45.0 Å². The molecule has 1 atom stereocenters. The maximum atomic E-state index is 12.9. The van der Waals surface area contributed by atoms with E-state index in [0.717, 1.165) is 49.9 Å². The molecule has 11 nitrogen and oxygen atoms in total. The minimum Gasteiger partial charge on any atom is -0.748 e. The fraction of sp³-hybridized carbons (Fsp3) is 0.435. The maximum Gasteiger partial charge on any atom is 0.426 e. The zero-order valence-corrected chi connectivity index (χ0v) is 55.1. The fourth-order valence-electron chi connectivity index (χ4n) is 8.33. The van der Waals surface area contributed by atoms with Crippen LogP contribution in [-0.4, -0.2) is 59.6 Å². The maximum absolute atomic E-state index is 12.9. The first-order valence-corrected chi connectivity index (χ1v) is 32.5. The molecule has 1 fully saturated rings. The first-order chi connectivity index (χ1) is 39.5. The number of phenols is 1. The normalized spacial score (nSPS) is 13.6. The van der Waals surface area contributed by atoms with Crippen LogP contribution in [0.25, 0.3) is 25.1 Å². The monoisotopic (exact) mass is 1340 g/mol. The zero-order valence-electron chi connectivity index (χ0n) is 51.3. The van der Waals surface area contributed by atoms with Gasteiger partial charge in [0.1, 0.15) is 17.1 Å². The Balaban J connectivity index is 0.000000293. The molecule has 86 heavy (non-hydrogen) atoms. The number of ether oxygens (including phenoxy) is 3. The first kappa shape index (κ1) is 74.2. The zero-order chi connectivity index (χ0) is 63.8. The summed E-state index contributed by atoms with van der Waals surface area (Å²) in [5.41, 5.74) is 7.70. The molecule has 8 rings (SSSR count). The molecule has 1 heterocycles. The number of phenolic OH excluding ortho intramolecular Hbond substituents is 1. The number of carbonyl (C=O) groups excluding carboxylic acids is 3. The van der Waals surface area contributed by atoms with E-state index in [4.69, 9.17) is 15.2 Å². The van der Waals surface area contributed by atoms with Gasteiger partial charge in [0.05, 0.1) is 35.8 Å². The molecule has 0 radical (unpaired) electrons. The Kier molecular flexibility index (Phi) is 27.4. The number of aromatic hydroxyl groups is 1. The van der Waals surface area contributed by atoms with E-state index >= 15 is 0 Å². The van der Waals surface area contributed by atoms with Crippen LogP contribution in [0.5, 0.6) is 11.5 Å². The lowest BCUT2D eigenvalue weighted by molar-refractivity contribution is -0.197. The van der Waals surface area contributed by atoms with Gasteiger partial charge in [-0.25, -0.2) is 13.2 Å². The van der Waals surface area contributed by atoms with Gasteiger partial charge in [0.25, 0.3) is 0 Å². The summed E-state index contributed by atoms with van der Waals surface area (Å²) >= 11 is 1.80. The molecular formula is C69H89F3INO10S2. The van der Waals surface area contributed by atoms with Gasteiger partial charge >= 0.3 is 24.1 Å². The summed E-state index contributed by atoms with van der Waals surface area (Å²) in [4.78, 5) is 37.4. The third-order valence-corrected chi connectivity index (χ3v) is 19.7. The van der Waals surface area contributed by atoms with Crippen LogP contribution >= 0.6 is 33.1 Å². The summed E-state index contributed by atoms with van der Waals surface area (Å²) in [5.74, 6) is -3.82. The molecule has 0 amide bonds. The highest BCUT2D eigenvalue weighted by molar-refractivity contribution is 14.1.